The SMILES string of the molecule is CCC1(N2CCCCC2)CCC(Nc2cccc3c2cc(C#CCNc2ccc(S(C)(=O)=O)cc2OC)n3CC(F)(F)F)CC1. The Bertz CT molecular complexity index is 1660. The number of sulfone groups is 1. The summed E-state index contributed by atoms with van der Waals surface area (Å²) in [4.78, 5) is 2.84. The second-order valence-corrected chi connectivity index (χ2v) is 14.3. The van der Waals surface area contributed by atoms with Crippen molar-refractivity contribution >= 4 is 32.1 Å². The molecule has 2 heterocycles. The van der Waals surface area contributed by atoms with Gasteiger partial charge < -0.3 is 19.9 Å². The number of ether oxygens (including phenoxy) is 1. The van der Waals surface area contributed by atoms with Gasteiger partial charge in [-0.25, -0.2) is 8.42 Å². The van der Waals surface area contributed by atoms with Gasteiger partial charge in [0.05, 0.1) is 35.4 Å². The van der Waals surface area contributed by atoms with E-state index >= 15 is 0 Å². The molecule has 2 fully saturated rings. The average molecular weight is 645 g/mol. The number of fused-ring (bicyclic) bond motifs is 1. The molecule has 0 bridgehead atoms. The van der Waals surface area contributed by atoms with E-state index in [1.807, 2.05) is 6.07 Å². The molecule has 11 heteroatoms. The predicted molar refractivity (Wildman–Crippen MR) is 174 cm³/mol. The molecule has 1 aliphatic carbocycles. The summed E-state index contributed by atoms with van der Waals surface area (Å²) in [5.41, 5.74) is 2.38. The third-order valence-corrected chi connectivity index (χ3v) is 10.5. The summed E-state index contributed by atoms with van der Waals surface area (Å²) in [5, 5.41) is 7.48. The number of likely N-dealkylation sites (tertiary alicyclic amines) is 1. The van der Waals surface area contributed by atoms with Crippen LogP contribution in [0.3, 0.4) is 0 Å². The van der Waals surface area contributed by atoms with Crippen molar-refractivity contribution in [3.8, 4) is 17.6 Å². The molecule has 2 N–H and O–H groups in total. The third-order valence-electron chi connectivity index (χ3n) is 9.43. The van der Waals surface area contributed by atoms with Crippen molar-refractivity contribution in [2.75, 3.05) is 43.6 Å². The van der Waals surface area contributed by atoms with E-state index < -0.39 is 22.6 Å². The van der Waals surface area contributed by atoms with Gasteiger partial charge in [0.1, 0.15) is 12.3 Å². The molecule has 1 aromatic heterocycles. The molecular weight excluding hydrogens is 601 g/mol. The highest BCUT2D eigenvalue weighted by Crippen LogP contribution is 2.40. The molecule has 45 heavy (non-hydrogen) atoms. The summed E-state index contributed by atoms with van der Waals surface area (Å²) in [6.45, 7) is 3.64. The summed E-state index contributed by atoms with van der Waals surface area (Å²) < 4.78 is 71.4. The Hall–Kier alpha value is -3.36. The normalized spacial score (nSPS) is 21.2. The number of anilines is 2. The van der Waals surface area contributed by atoms with Crippen LogP contribution >= 0.6 is 0 Å². The predicted octanol–water partition coefficient (Wildman–Crippen LogP) is 7.07. The van der Waals surface area contributed by atoms with Crippen LogP contribution in [-0.4, -0.2) is 68.6 Å². The van der Waals surface area contributed by atoms with Crippen molar-refractivity contribution in [1.29, 1.82) is 0 Å². The minimum Gasteiger partial charge on any atom is -0.495 e. The third kappa shape index (κ3) is 7.72. The first-order chi connectivity index (χ1) is 21.4. The molecule has 3 aromatic rings. The van der Waals surface area contributed by atoms with Crippen molar-refractivity contribution in [1.82, 2.24) is 9.47 Å². The molecule has 1 aliphatic heterocycles. The van der Waals surface area contributed by atoms with Crippen LogP contribution in [0.15, 0.2) is 47.4 Å². The number of nitrogens with one attached hydrogen (secondary N) is 2. The highest BCUT2D eigenvalue weighted by Gasteiger charge is 2.39. The summed E-state index contributed by atoms with van der Waals surface area (Å²) in [6.07, 6.45) is 6.00. The number of benzene rings is 2. The molecule has 0 radical (unpaired) electrons. The number of piperidine rings is 1. The maximum absolute atomic E-state index is 13.7. The molecule has 0 unspecified atom stereocenters. The van der Waals surface area contributed by atoms with E-state index in [0.29, 0.717) is 17.0 Å². The van der Waals surface area contributed by atoms with Crippen molar-refractivity contribution < 1.29 is 26.3 Å². The van der Waals surface area contributed by atoms with Crippen LogP contribution in [-0.2, 0) is 16.4 Å². The van der Waals surface area contributed by atoms with Gasteiger partial charge in [0, 0.05) is 35.0 Å². The smallest absolute Gasteiger partial charge is 0.406 e. The van der Waals surface area contributed by atoms with Crippen molar-refractivity contribution in [3.63, 3.8) is 0 Å². The van der Waals surface area contributed by atoms with Gasteiger partial charge in [-0.1, -0.05) is 25.3 Å². The maximum Gasteiger partial charge on any atom is 0.406 e. The lowest BCUT2D eigenvalue weighted by atomic mass is 9.75. The van der Waals surface area contributed by atoms with Gasteiger partial charge >= 0.3 is 6.18 Å². The fourth-order valence-electron chi connectivity index (χ4n) is 6.97. The first-order valence-electron chi connectivity index (χ1n) is 15.7. The zero-order valence-electron chi connectivity index (χ0n) is 26.3. The minimum absolute atomic E-state index is 0.117. The number of hydrogen-bond acceptors (Lipinski definition) is 6. The fourth-order valence-corrected chi connectivity index (χ4v) is 7.60. The van der Waals surface area contributed by atoms with Gasteiger partial charge in [0.15, 0.2) is 9.84 Å². The van der Waals surface area contributed by atoms with Crippen LogP contribution in [0.4, 0.5) is 24.5 Å². The van der Waals surface area contributed by atoms with Gasteiger partial charge in [-0.05, 0) is 94.3 Å². The molecule has 244 valence electrons. The van der Waals surface area contributed by atoms with Crippen LogP contribution in [0, 0.1) is 11.8 Å². The van der Waals surface area contributed by atoms with E-state index in [1.165, 1.54) is 56.2 Å². The molecule has 1 saturated heterocycles. The maximum atomic E-state index is 13.7. The molecule has 0 atom stereocenters. The summed E-state index contributed by atoms with van der Waals surface area (Å²) in [6, 6.07) is 11.9. The molecule has 0 spiro atoms. The van der Waals surface area contributed by atoms with Crippen molar-refractivity contribution in [2.45, 2.75) is 87.5 Å². The van der Waals surface area contributed by atoms with E-state index in [1.54, 1.807) is 24.3 Å². The molecule has 7 nitrogen and oxygen atoms in total. The number of rotatable bonds is 9. The van der Waals surface area contributed by atoms with Gasteiger partial charge in [-0.3, -0.25) is 4.90 Å². The Morgan fingerprint density at radius 3 is 2.42 bits per heavy atom. The summed E-state index contributed by atoms with van der Waals surface area (Å²) >= 11 is 0. The zero-order valence-corrected chi connectivity index (χ0v) is 27.1. The first kappa shape index (κ1) is 33.0. The molecule has 2 aliphatic rings. The van der Waals surface area contributed by atoms with Crippen molar-refractivity contribution in [2.24, 2.45) is 0 Å². The van der Waals surface area contributed by atoms with Crippen LogP contribution in [0.25, 0.3) is 10.9 Å². The number of methoxy groups -OCH3 is 1. The topological polar surface area (TPSA) is 75.6 Å². The highest BCUT2D eigenvalue weighted by molar-refractivity contribution is 7.90. The number of alkyl halides is 3. The molecular formula is C34H43F3N4O3S. The van der Waals surface area contributed by atoms with Gasteiger partial charge in [-0.2, -0.15) is 13.2 Å². The molecule has 5 rings (SSSR count). The summed E-state index contributed by atoms with van der Waals surface area (Å²) in [7, 11) is -1.98. The largest absolute Gasteiger partial charge is 0.495 e. The van der Waals surface area contributed by atoms with Gasteiger partial charge in [-0.15, -0.1) is 0 Å². The lowest BCUT2D eigenvalue weighted by Crippen LogP contribution is -2.53. The van der Waals surface area contributed by atoms with E-state index in [9.17, 15) is 21.6 Å². The number of aromatic nitrogens is 1. The van der Waals surface area contributed by atoms with Crippen molar-refractivity contribution in [3.05, 3.63) is 48.2 Å². The first-order valence-corrected chi connectivity index (χ1v) is 17.6. The molecule has 0 amide bonds. The average Bonchev–Trinajstić information content (AvgIpc) is 3.36. The number of nitrogens with zero attached hydrogens (tertiary/aromatic N) is 2. The highest BCUT2D eigenvalue weighted by atomic mass is 32.2. The Morgan fingerprint density at radius 2 is 1.78 bits per heavy atom. The van der Waals surface area contributed by atoms with Crippen LogP contribution in [0.1, 0.15) is 64.0 Å². The number of halogens is 3. The minimum atomic E-state index is -4.42. The Morgan fingerprint density at radius 1 is 1.04 bits per heavy atom. The Kier molecular flexibility index (Phi) is 9.94. The fraction of sp³-hybridized carbons (Fsp3) is 0.529. The van der Waals surface area contributed by atoms with E-state index in [4.69, 9.17) is 4.74 Å². The molecule has 1 saturated carbocycles. The lowest BCUT2D eigenvalue weighted by Gasteiger charge is -2.49. The van der Waals surface area contributed by atoms with Crippen LogP contribution in [0.2, 0.25) is 0 Å². The standard InChI is InChI=1S/C34H43F3N4O3S/c1-4-33(40-20-6-5-7-21-40)17-15-25(16-18-33)39-29-11-8-12-31-28(29)22-26(41(31)24-34(35,36)37)10-9-19-38-30-14-13-27(45(3,42)43)23-32(30)44-2/h8,11-14,22-23,25,38-39H,4-7,15-21,24H2,1-3H3. The quantitative estimate of drug-likeness (QED) is 0.243. The summed E-state index contributed by atoms with van der Waals surface area (Å²) in [5.74, 6) is 6.20. The van der Waals surface area contributed by atoms with E-state index in [0.717, 1.165) is 49.4 Å². The monoisotopic (exact) mass is 644 g/mol. The van der Waals surface area contributed by atoms with Crippen LogP contribution < -0.4 is 15.4 Å². The van der Waals surface area contributed by atoms with E-state index in [2.05, 4.69) is 34.3 Å². The zero-order chi connectivity index (χ0) is 32.2. The second-order valence-electron chi connectivity index (χ2n) is 12.3. The van der Waals surface area contributed by atoms with Gasteiger partial charge in [0.2, 0.25) is 0 Å². The lowest BCUT2D eigenvalue weighted by molar-refractivity contribution is -0.140. The van der Waals surface area contributed by atoms with Crippen LogP contribution in [0.5, 0.6) is 5.75 Å². The van der Waals surface area contributed by atoms with E-state index in [-0.39, 0.29) is 28.7 Å². The second kappa shape index (κ2) is 13.6. The Labute approximate surface area is 264 Å². The molecule has 2 aromatic carbocycles. The number of hydrogen-bond donors (Lipinski definition) is 2. The van der Waals surface area contributed by atoms with Gasteiger partial charge in [0.25, 0.3) is 0 Å². The Balaban J connectivity index is 1.34.